The topological polar surface area (TPSA) is 71.5 Å². The van der Waals surface area contributed by atoms with E-state index >= 15 is 0 Å². The van der Waals surface area contributed by atoms with Crippen LogP contribution < -0.4 is 10.1 Å². The highest BCUT2D eigenvalue weighted by atomic mass is 35.5. The Hall–Kier alpha value is -2.43. The zero-order chi connectivity index (χ0) is 28.8. The third kappa shape index (κ3) is 8.11. The Morgan fingerprint density at radius 3 is 2.76 bits per heavy atom. The van der Waals surface area contributed by atoms with Crippen LogP contribution in [-0.4, -0.2) is 38.7 Å². The van der Waals surface area contributed by atoms with Gasteiger partial charge in [-0.05, 0) is 61.9 Å². The monoisotopic (exact) mass is 645 g/mol. The van der Waals surface area contributed by atoms with E-state index in [2.05, 4.69) is 10.3 Å². The number of thiocarbonyl (C=S) groups is 1. The molecule has 1 saturated heterocycles. The Morgan fingerprint density at radius 1 is 1.15 bits per heavy atom. The van der Waals surface area contributed by atoms with Crippen LogP contribution in [0.25, 0.3) is 6.08 Å². The number of thiazole rings is 1. The largest absolute Gasteiger partial charge is 0.490 e. The van der Waals surface area contributed by atoms with Gasteiger partial charge < -0.3 is 10.1 Å². The fourth-order valence-corrected chi connectivity index (χ4v) is 7.26. The van der Waals surface area contributed by atoms with E-state index in [4.69, 9.17) is 40.2 Å². The van der Waals surface area contributed by atoms with Gasteiger partial charge in [-0.15, -0.1) is 11.3 Å². The van der Waals surface area contributed by atoms with Gasteiger partial charge >= 0.3 is 0 Å². The highest BCUT2D eigenvalue weighted by Gasteiger charge is 2.32. The second-order valence-electron chi connectivity index (χ2n) is 9.96. The first kappa shape index (κ1) is 30.0. The molecule has 0 unspecified atom stereocenters. The summed E-state index contributed by atoms with van der Waals surface area (Å²) in [5.74, 6) is 0.499. The van der Waals surface area contributed by atoms with Crippen molar-refractivity contribution in [2.24, 2.45) is 0 Å². The quantitative estimate of drug-likeness (QED) is 0.176. The Balaban J connectivity index is 1.11. The third-order valence-electron chi connectivity index (χ3n) is 6.87. The number of halogens is 2. The average Bonchev–Trinajstić information content (AvgIpc) is 3.50. The van der Waals surface area contributed by atoms with Crippen LogP contribution in [0.5, 0.6) is 5.75 Å². The molecule has 0 spiro atoms. The number of anilines is 1. The summed E-state index contributed by atoms with van der Waals surface area (Å²) in [6.45, 7) is 0.371. The van der Waals surface area contributed by atoms with Gasteiger partial charge in [-0.25, -0.2) is 4.98 Å². The molecule has 6 nitrogen and oxygen atoms in total. The molecule has 2 aliphatic rings. The molecule has 0 atom stereocenters. The summed E-state index contributed by atoms with van der Waals surface area (Å²) in [5, 5.41) is 4.41. The molecule has 5 rings (SSSR count). The molecule has 214 valence electrons. The summed E-state index contributed by atoms with van der Waals surface area (Å²) in [6.07, 6.45) is 11.0. The Bertz CT molecular complexity index is 1470. The van der Waals surface area contributed by atoms with E-state index in [9.17, 15) is 9.59 Å². The van der Waals surface area contributed by atoms with Crippen LogP contribution in [0.1, 0.15) is 60.9 Å². The Kier molecular flexibility index (Phi) is 10.4. The van der Waals surface area contributed by atoms with Crippen LogP contribution in [0.4, 0.5) is 5.13 Å². The van der Waals surface area contributed by atoms with Crippen molar-refractivity contribution in [1.82, 2.24) is 9.88 Å². The number of para-hydroxylation sites is 1. The predicted molar refractivity (Wildman–Crippen MR) is 173 cm³/mol. The van der Waals surface area contributed by atoms with Gasteiger partial charge in [0.2, 0.25) is 5.91 Å². The normalized spacial score (nSPS) is 16.9. The molecule has 2 amide bonds. The predicted octanol–water partition coefficient (Wildman–Crippen LogP) is 8.37. The first-order chi connectivity index (χ1) is 19.9. The van der Waals surface area contributed by atoms with Gasteiger partial charge in [0.25, 0.3) is 5.91 Å². The zero-order valence-electron chi connectivity index (χ0n) is 22.2. The van der Waals surface area contributed by atoms with Crippen molar-refractivity contribution in [3.05, 3.63) is 79.6 Å². The lowest BCUT2D eigenvalue weighted by atomic mass is 9.97. The van der Waals surface area contributed by atoms with Gasteiger partial charge in [0.15, 0.2) is 5.13 Å². The molecule has 0 bridgehead atoms. The van der Waals surface area contributed by atoms with Crippen molar-refractivity contribution < 1.29 is 14.3 Å². The van der Waals surface area contributed by atoms with E-state index in [0.717, 1.165) is 34.6 Å². The highest BCUT2D eigenvalue weighted by molar-refractivity contribution is 8.26. The van der Waals surface area contributed by atoms with E-state index in [-0.39, 0.29) is 24.3 Å². The number of aromatic nitrogens is 1. The number of ether oxygens (including phenoxy) is 1. The molecule has 11 heteroatoms. The zero-order valence-corrected chi connectivity index (χ0v) is 26.2. The van der Waals surface area contributed by atoms with Crippen molar-refractivity contribution in [2.75, 3.05) is 11.9 Å². The minimum absolute atomic E-state index is 0.139. The molecule has 3 aromatic rings. The Labute approximate surface area is 263 Å². The van der Waals surface area contributed by atoms with Crippen LogP contribution in [-0.2, 0) is 16.0 Å². The minimum Gasteiger partial charge on any atom is -0.490 e. The number of nitrogens with zero attached hydrogens (tertiary/aromatic N) is 2. The number of carbonyl (C=O) groups excluding carboxylic acids is 2. The lowest BCUT2D eigenvalue weighted by molar-refractivity contribution is -0.122. The van der Waals surface area contributed by atoms with Crippen molar-refractivity contribution in [2.45, 2.75) is 57.5 Å². The molecule has 1 saturated carbocycles. The van der Waals surface area contributed by atoms with Crippen molar-refractivity contribution in [3.63, 3.8) is 0 Å². The van der Waals surface area contributed by atoms with Gasteiger partial charge in [-0.1, -0.05) is 77.9 Å². The number of benzene rings is 2. The molecule has 1 aromatic heterocycles. The first-order valence-electron chi connectivity index (χ1n) is 13.6. The summed E-state index contributed by atoms with van der Waals surface area (Å²) in [6, 6.07) is 13.3. The summed E-state index contributed by atoms with van der Waals surface area (Å²) in [4.78, 5) is 33.2. The second kappa shape index (κ2) is 14.2. The summed E-state index contributed by atoms with van der Waals surface area (Å²) in [5.41, 5.74) is 1.89. The SMILES string of the molecule is O=C(CCCN1C(=O)/C(=C/c2ccccc2OC2CCCCC2)SC1=S)Nc1ncc(Cc2ccc(Cl)c(Cl)c2)s1. The summed E-state index contributed by atoms with van der Waals surface area (Å²) < 4.78 is 6.79. The first-order valence-corrected chi connectivity index (χ1v) is 16.3. The molecule has 2 fully saturated rings. The van der Waals surface area contributed by atoms with E-state index < -0.39 is 0 Å². The minimum atomic E-state index is -0.157. The number of nitrogens with one attached hydrogen (secondary N) is 1. The third-order valence-corrected chi connectivity index (χ3v) is 9.90. The number of hydrogen-bond acceptors (Lipinski definition) is 7. The number of hydrogen-bond donors (Lipinski definition) is 1. The molecule has 2 aromatic carbocycles. The van der Waals surface area contributed by atoms with E-state index in [1.807, 2.05) is 42.5 Å². The number of thioether (sulfide) groups is 1. The van der Waals surface area contributed by atoms with Crippen LogP contribution in [0, 0.1) is 0 Å². The van der Waals surface area contributed by atoms with Crippen LogP contribution in [0.3, 0.4) is 0 Å². The fraction of sp³-hybridized carbons (Fsp3) is 0.333. The Morgan fingerprint density at radius 2 is 1.95 bits per heavy atom. The molecule has 1 N–H and O–H groups in total. The van der Waals surface area contributed by atoms with E-state index in [1.54, 1.807) is 17.2 Å². The van der Waals surface area contributed by atoms with Gasteiger partial charge in [-0.2, -0.15) is 0 Å². The van der Waals surface area contributed by atoms with Crippen LogP contribution >= 0.6 is 58.5 Å². The summed E-state index contributed by atoms with van der Waals surface area (Å²) >= 11 is 20.3. The molecule has 0 radical (unpaired) electrons. The standard InChI is InChI=1S/C30H29Cl2N3O3S3/c31-23-13-12-19(16-24(23)32)15-22-18-33-29(40-22)34-27(36)11-6-14-35-28(37)26(41-30(35)39)17-20-7-4-5-10-25(20)38-21-8-2-1-3-9-21/h4-5,7,10,12-13,16-18,21H,1-3,6,8-9,11,14-15H2,(H,33,34,36)/b26-17-. The maximum absolute atomic E-state index is 13.2. The molecule has 41 heavy (non-hydrogen) atoms. The smallest absolute Gasteiger partial charge is 0.266 e. The van der Waals surface area contributed by atoms with Gasteiger partial charge in [0.05, 0.1) is 21.1 Å². The lowest BCUT2D eigenvalue weighted by Crippen LogP contribution is -2.29. The van der Waals surface area contributed by atoms with E-state index in [0.29, 0.717) is 43.8 Å². The van der Waals surface area contributed by atoms with Gasteiger partial charge in [0.1, 0.15) is 10.1 Å². The van der Waals surface area contributed by atoms with E-state index in [1.165, 1.54) is 42.4 Å². The maximum atomic E-state index is 13.2. The molecular formula is C30H29Cl2N3O3S3. The molecular weight excluding hydrogens is 617 g/mol. The fourth-order valence-electron chi connectivity index (χ4n) is 4.78. The van der Waals surface area contributed by atoms with Crippen molar-refractivity contribution in [3.8, 4) is 5.75 Å². The lowest BCUT2D eigenvalue weighted by Gasteiger charge is -2.23. The second-order valence-corrected chi connectivity index (χ2v) is 13.6. The van der Waals surface area contributed by atoms with Crippen molar-refractivity contribution >= 4 is 85.9 Å². The van der Waals surface area contributed by atoms with Gasteiger partial charge in [-0.3, -0.25) is 14.5 Å². The molecule has 1 aliphatic heterocycles. The summed E-state index contributed by atoms with van der Waals surface area (Å²) in [7, 11) is 0. The maximum Gasteiger partial charge on any atom is 0.266 e. The average molecular weight is 647 g/mol. The number of carbonyl (C=O) groups is 2. The van der Waals surface area contributed by atoms with Gasteiger partial charge in [0, 0.05) is 36.0 Å². The van der Waals surface area contributed by atoms with Crippen molar-refractivity contribution in [1.29, 1.82) is 0 Å². The number of rotatable bonds is 10. The van der Waals surface area contributed by atoms with Crippen LogP contribution in [0.2, 0.25) is 10.0 Å². The highest BCUT2D eigenvalue weighted by Crippen LogP contribution is 2.35. The number of amides is 2. The molecule has 2 heterocycles. The molecule has 1 aliphatic carbocycles. The van der Waals surface area contributed by atoms with Crippen LogP contribution in [0.15, 0.2) is 53.6 Å².